The van der Waals surface area contributed by atoms with Crippen LogP contribution in [-0.2, 0) is 10.3 Å². The molecule has 0 fully saturated rings. The summed E-state index contributed by atoms with van der Waals surface area (Å²) in [7, 11) is 0. The highest BCUT2D eigenvalue weighted by Crippen LogP contribution is 2.40. The van der Waals surface area contributed by atoms with Crippen molar-refractivity contribution in [2.75, 3.05) is 5.32 Å². The first-order chi connectivity index (χ1) is 15.3. The standard InChI is InChI=1S/C19H17F6N5O3/c1-8-5-9(32-16(21)22)7-27-13(8)15(31)29-12-4-3-10(20)14(28-12)18(2)6-11(19(23,24)25)33-17(26)30-18/h3-5,7,11,16H,6H2,1-2H3,(H2,26,30)(H,28,29,31)/t11-,18+/m0/s1. The first-order valence-electron chi connectivity index (χ1n) is 9.27. The highest BCUT2D eigenvalue weighted by atomic mass is 19.4. The average molecular weight is 477 g/mol. The maximum atomic E-state index is 14.5. The molecule has 1 aliphatic heterocycles. The second-order valence-electron chi connectivity index (χ2n) is 7.27. The summed E-state index contributed by atoms with van der Waals surface area (Å²) in [6, 6.07) is 2.35. The number of ether oxygens (including phenoxy) is 2. The van der Waals surface area contributed by atoms with E-state index in [1.807, 2.05) is 0 Å². The van der Waals surface area contributed by atoms with Crippen LogP contribution in [0.3, 0.4) is 0 Å². The number of carbonyl (C=O) groups excluding carboxylic acids is 1. The quantitative estimate of drug-likeness (QED) is 0.636. The van der Waals surface area contributed by atoms with Crippen LogP contribution < -0.4 is 15.8 Å². The summed E-state index contributed by atoms with van der Waals surface area (Å²) in [5, 5.41) is 2.33. The fourth-order valence-corrected chi connectivity index (χ4v) is 3.21. The number of carbonyl (C=O) groups is 1. The Morgan fingerprint density at radius 2 is 2.06 bits per heavy atom. The van der Waals surface area contributed by atoms with Crippen molar-refractivity contribution in [1.29, 1.82) is 0 Å². The Labute approximate surface area is 182 Å². The van der Waals surface area contributed by atoms with Gasteiger partial charge in [-0.25, -0.2) is 19.4 Å². The van der Waals surface area contributed by atoms with Gasteiger partial charge in [0.05, 0.1) is 6.20 Å². The summed E-state index contributed by atoms with van der Waals surface area (Å²) in [6.45, 7) is -0.458. The Morgan fingerprint density at radius 1 is 1.36 bits per heavy atom. The molecule has 2 aromatic rings. The molecule has 2 atom stereocenters. The van der Waals surface area contributed by atoms with E-state index >= 15 is 0 Å². The van der Waals surface area contributed by atoms with Gasteiger partial charge >= 0.3 is 12.8 Å². The van der Waals surface area contributed by atoms with Crippen molar-refractivity contribution in [3.05, 3.63) is 47.2 Å². The van der Waals surface area contributed by atoms with Crippen LogP contribution >= 0.6 is 0 Å². The summed E-state index contributed by atoms with van der Waals surface area (Å²) in [5.74, 6) is -2.27. The van der Waals surface area contributed by atoms with Crippen LogP contribution in [0.5, 0.6) is 5.75 Å². The largest absolute Gasteiger partial charge is 0.452 e. The van der Waals surface area contributed by atoms with E-state index in [0.717, 1.165) is 24.4 Å². The SMILES string of the molecule is Cc1cc(OC(F)F)cnc1C(=O)Nc1ccc(F)c([C@@]2(C)C[C@@H](C(F)(F)F)OC(N)=N2)n1. The van der Waals surface area contributed by atoms with E-state index in [1.54, 1.807) is 0 Å². The van der Waals surface area contributed by atoms with Gasteiger partial charge in [-0.1, -0.05) is 0 Å². The van der Waals surface area contributed by atoms with Gasteiger partial charge in [0, 0.05) is 6.42 Å². The third-order valence-corrected chi connectivity index (χ3v) is 4.66. The lowest BCUT2D eigenvalue weighted by Crippen LogP contribution is -2.46. The molecule has 0 radical (unpaired) electrons. The zero-order chi connectivity index (χ0) is 24.6. The molecule has 3 rings (SSSR count). The molecule has 3 heterocycles. The zero-order valence-electron chi connectivity index (χ0n) is 17.1. The number of aromatic nitrogens is 2. The zero-order valence-corrected chi connectivity index (χ0v) is 17.1. The Balaban J connectivity index is 1.88. The van der Waals surface area contributed by atoms with E-state index in [0.29, 0.717) is 0 Å². The lowest BCUT2D eigenvalue weighted by molar-refractivity contribution is -0.208. The Hall–Kier alpha value is -3.58. The second-order valence-corrected chi connectivity index (χ2v) is 7.27. The van der Waals surface area contributed by atoms with Crippen LogP contribution in [0.15, 0.2) is 29.4 Å². The van der Waals surface area contributed by atoms with Crippen molar-refractivity contribution < 1.29 is 40.6 Å². The summed E-state index contributed by atoms with van der Waals surface area (Å²) in [5.41, 5.74) is 3.07. The molecule has 1 amide bonds. The van der Waals surface area contributed by atoms with Crippen molar-refractivity contribution in [3.63, 3.8) is 0 Å². The van der Waals surface area contributed by atoms with Gasteiger partial charge in [-0.05, 0) is 37.6 Å². The molecule has 14 heteroatoms. The van der Waals surface area contributed by atoms with E-state index in [-0.39, 0.29) is 22.8 Å². The molecule has 0 saturated heterocycles. The number of aryl methyl sites for hydroxylation is 1. The number of rotatable bonds is 5. The number of hydrogen-bond acceptors (Lipinski definition) is 7. The molecule has 8 nitrogen and oxygen atoms in total. The van der Waals surface area contributed by atoms with Gasteiger partial charge < -0.3 is 20.5 Å². The number of aliphatic imine (C=N–C) groups is 1. The van der Waals surface area contributed by atoms with Crippen molar-refractivity contribution in [1.82, 2.24) is 9.97 Å². The maximum absolute atomic E-state index is 14.5. The molecule has 0 bridgehead atoms. The normalized spacial score (nSPS) is 20.8. The van der Waals surface area contributed by atoms with Crippen LogP contribution in [0, 0.1) is 12.7 Å². The highest BCUT2D eigenvalue weighted by Gasteiger charge is 2.50. The molecule has 0 aliphatic carbocycles. The molecule has 1 aliphatic rings. The minimum Gasteiger partial charge on any atom is -0.452 e. The van der Waals surface area contributed by atoms with Gasteiger partial charge in [0.1, 0.15) is 34.3 Å². The fraction of sp³-hybridized carbons (Fsp3) is 0.368. The molecular weight excluding hydrogens is 460 g/mol. The number of alkyl halides is 5. The molecule has 0 saturated carbocycles. The van der Waals surface area contributed by atoms with Crippen LogP contribution in [-0.4, -0.2) is 40.8 Å². The van der Waals surface area contributed by atoms with Gasteiger partial charge in [0.25, 0.3) is 11.9 Å². The average Bonchev–Trinajstić information content (AvgIpc) is 2.67. The van der Waals surface area contributed by atoms with Gasteiger partial charge in [-0.3, -0.25) is 4.79 Å². The van der Waals surface area contributed by atoms with Gasteiger partial charge in [-0.15, -0.1) is 0 Å². The number of amides is 1. The topological polar surface area (TPSA) is 112 Å². The highest BCUT2D eigenvalue weighted by molar-refractivity contribution is 6.03. The lowest BCUT2D eigenvalue weighted by atomic mass is 9.89. The van der Waals surface area contributed by atoms with E-state index in [2.05, 4.69) is 29.8 Å². The number of nitrogens with two attached hydrogens (primary N) is 1. The minimum atomic E-state index is -4.78. The molecule has 0 unspecified atom stereocenters. The third kappa shape index (κ3) is 5.43. The predicted molar refractivity (Wildman–Crippen MR) is 102 cm³/mol. The summed E-state index contributed by atoms with van der Waals surface area (Å²) in [4.78, 5) is 24.0. The maximum Gasteiger partial charge on any atom is 0.425 e. The second kappa shape index (κ2) is 8.75. The molecule has 178 valence electrons. The number of nitrogens with zero attached hydrogens (tertiary/aromatic N) is 3. The Morgan fingerprint density at radius 3 is 2.67 bits per heavy atom. The Kier molecular flexibility index (Phi) is 6.38. The first-order valence-corrected chi connectivity index (χ1v) is 9.27. The van der Waals surface area contributed by atoms with Gasteiger partial charge in [0.2, 0.25) is 0 Å². The van der Waals surface area contributed by atoms with Crippen LogP contribution in [0.4, 0.5) is 32.2 Å². The molecular formula is C19H17F6N5O3. The van der Waals surface area contributed by atoms with E-state index in [4.69, 9.17) is 5.73 Å². The minimum absolute atomic E-state index is 0.166. The number of pyridine rings is 2. The molecule has 3 N–H and O–H groups in total. The van der Waals surface area contributed by atoms with Crippen molar-refractivity contribution in [3.8, 4) is 5.75 Å². The fourth-order valence-electron chi connectivity index (χ4n) is 3.21. The first kappa shape index (κ1) is 24.1. The Bertz CT molecular complexity index is 1090. The van der Waals surface area contributed by atoms with Crippen LogP contribution in [0.25, 0.3) is 0 Å². The molecule has 33 heavy (non-hydrogen) atoms. The van der Waals surface area contributed by atoms with Crippen molar-refractivity contribution in [2.24, 2.45) is 10.7 Å². The number of anilines is 1. The van der Waals surface area contributed by atoms with E-state index < -0.39 is 54.3 Å². The molecule has 2 aromatic heterocycles. The molecule has 0 aromatic carbocycles. The van der Waals surface area contributed by atoms with Crippen LogP contribution in [0.2, 0.25) is 0 Å². The predicted octanol–water partition coefficient (Wildman–Crippen LogP) is 3.66. The summed E-state index contributed by atoms with van der Waals surface area (Å²) in [6.07, 6.45) is -7.01. The number of hydrogen-bond donors (Lipinski definition) is 2. The third-order valence-electron chi connectivity index (χ3n) is 4.66. The van der Waals surface area contributed by atoms with Crippen molar-refractivity contribution in [2.45, 2.75) is 44.7 Å². The van der Waals surface area contributed by atoms with Gasteiger partial charge in [0.15, 0.2) is 6.10 Å². The van der Waals surface area contributed by atoms with Gasteiger partial charge in [-0.2, -0.15) is 22.0 Å². The molecule has 0 spiro atoms. The smallest absolute Gasteiger partial charge is 0.425 e. The van der Waals surface area contributed by atoms with Crippen molar-refractivity contribution >= 4 is 17.7 Å². The monoisotopic (exact) mass is 477 g/mol. The lowest BCUT2D eigenvalue weighted by Gasteiger charge is -2.35. The number of amidine groups is 1. The van der Waals surface area contributed by atoms with E-state index in [1.165, 1.54) is 13.8 Å². The summed E-state index contributed by atoms with van der Waals surface area (Å²) < 4.78 is 87.4. The van der Waals surface area contributed by atoms with Crippen LogP contribution in [0.1, 0.15) is 35.1 Å². The number of halogens is 6. The van der Waals surface area contributed by atoms with E-state index in [9.17, 15) is 31.1 Å². The summed E-state index contributed by atoms with van der Waals surface area (Å²) >= 11 is 0. The number of nitrogens with one attached hydrogen (secondary N) is 1.